The van der Waals surface area contributed by atoms with Crippen LogP contribution in [-0.4, -0.2) is 17.7 Å². The highest BCUT2D eigenvalue weighted by Gasteiger charge is 2.24. The van der Waals surface area contributed by atoms with Crippen molar-refractivity contribution in [2.24, 2.45) is 0 Å². The Balaban J connectivity index is 2.23. The zero-order valence-electron chi connectivity index (χ0n) is 8.92. The molecule has 0 spiro atoms. The van der Waals surface area contributed by atoms with Crippen LogP contribution in [0.25, 0.3) is 0 Å². The summed E-state index contributed by atoms with van der Waals surface area (Å²) in [5.74, 6) is -0.271. The predicted octanol–water partition coefficient (Wildman–Crippen LogP) is 2.43. The molecule has 1 aromatic carbocycles. The number of halogens is 1. The topological polar surface area (TPSA) is 46.2 Å². The molecule has 2 rings (SSSR count). The summed E-state index contributed by atoms with van der Waals surface area (Å²) in [6.07, 6.45) is 2.08. The van der Waals surface area contributed by atoms with Crippen LogP contribution in [0.1, 0.15) is 40.5 Å². The fourth-order valence-electron chi connectivity index (χ4n) is 1.43. The minimum atomic E-state index is -0.137. The van der Waals surface area contributed by atoms with Gasteiger partial charge in [0.2, 0.25) is 0 Å². The Kier molecular flexibility index (Phi) is 2.97. The molecule has 1 aliphatic carbocycles. The van der Waals surface area contributed by atoms with E-state index in [9.17, 15) is 9.59 Å². The van der Waals surface area contributed by atoms with Crippen molar-refractivity contribution >= 4 is 23.3 Å². The fourth-order valence-corrected chi connectivity index (χ4v) is 1.68. The second-order valence-corrected chi connectivity index (χ2v) is 4.41. The van der Waals surface area contributed by atoms with Crippen LogP contribution in [-0.2, 0) is 0 Å². The maximum atomic E-state index is 11.7. The van der Waals surface area contributed by atoms with Gasteiger partial charge in [0.15, 0.2) is 5.78 Å². The number of carbonyl (C=O) groups is 2. The first kappa shape index (κ1) is 11.1. The molecule has 0 unspecified atom stereocenters. The molecule has 1 amide bonds. The summed E-state index contributed by atoms with van der Waals surface area (Å²) in [4.78, 5) is 23.0. The molecule has 0 aliphatic heterocycles. The van der Waals surface area contributed by atoms with Crippen LogP contribution in [0, 0.1) is 0 Å². The van der Waals surface area contributed by atoms with E-state index in [1.165, 1.54) is 6.92 Å². The lowest BCUT2D eigenvalue weighted by atomic mass is 10.1. The largest absolute Gasteiger partial charge is 0.349 e. The second-order valence-electron chi connectivity index (χ2n) is 4.00. The summed E-state index contributed by atoms with van der Waals surface area (Å²) < 4.78 is 0. The van der Waals surface area contributed by atoms with Crippen LogP contribution in [0.5, 0.6) is 0 Å². The Morgan fingerprint density at radius 2 is 2.06 bits per heavy atom. The van der Waals surface area contributed by atoms with E-state index < -0.39 is 0 Å². The third kappa shape index (κ3) is 2.42. The van der Waals surface area contributed by atoms with Gasteiger partial charge < -0.3 is 5.32 Å². The summed E-state index contributed by atoms with van der Waals surface area (Å²) in [5, 5.41) is 3.25. The zero-order valence-corrected chi connectivity index (χ0v) is 9.67. The summed E-state index contributed by atoms with van der Waals surface area (Å²) in [5.41, 5.74) is 0.881. The molecule has 0 heterocycles. The summed E-state index contributed by atoms with van der Waals surface area (Å²) >= 11 is 5.86. The van der Waals surface area contributed by atoms with Gasteiger partial charge in [-0.3, -0.25) is 9.59 Å². The Morgan fingerprint density at radius 1 is 1.38 bits per heavy atom. The van der Waals surface area contributed by atoms with Gasteiger partial charge in [-0.25, -0.2) is 0 Å². The number of hydrogen-bond donors (Lipinski definition) is 1. The number of amides is 1. The first-order valence-corrected chi connectivity index (χ1v) is 5.57. The van der Waals surface area contributed by atoms with Gasteiger partial charge in [0.25, 0.3) is 5.91 Å². The highest BCUT2D eigenvalue weighted by Crippen LogP contribution is 2.21. The van der Waals surface area contributed by atoms with Gasteiger partial charge in [0.1, 0.15) is 0 Å². The number of ketones is 1. The monoisotopic (exact) mass is 237 g/mol. The third-order valence-electron chi connectivity index (χ3n) is 2.52. The van der Waals surface area contributed by atoms with E-state index in [4.69, 9.17) is 11.6 Å². The van der Waals surface area contributed by atoms with Crippen LogP contribution in [0.15, 0.2) is 18.2 Å². The molecule has 0 saturated heterocycles. The quantitative estimate of drug-likeness (QED) is 0.821. The number of Topliss-reactive ketones (excluding diaryl/α,β-unsaturated/α-hetero) is 1. The molecule has 0 bridgehead atoms. The average molecular weight is 238 g/mol. The van der Waals surface area contributed by atoms with Crippen molar-refractivity contribution in [3.63, 3.8) is 0 Å². The van der Waals surface area contributed by atoms with Gasteiger partial charge in [-0.2, -0.15) is 0 Å². The molecule has 0 atom stereocenters. The number of rotatable bonds is 3. The molecule has 16 heavy (non-hydrogen) atoms. The number of hydrogen-bond acceptors (Lipinski definition) is 2. The molecule has 1 aliphatic rings. The molecule has 0 aromatic heterocycles. The molecular formula is C12H12ClNO2. The molecule has 1 aromatic rings. The molecule has 3 nitrogen and oxygen atoms in total. The first-order chi connectivity index (χ1) is 7.58. The fraction of sp³-hybridized carbons (Fsp3) is 0.333. The van der Waals surface area contributed by atoms with Crippen LogP contribution >= 0.6 is 11.6 Å². The Morgan fingerprint density at radius 3 is 2.62 bits per heavy atom. The van der Waals surface area contributed by atoms with Crippen LogP contribution < -0.4 is 5.32 Å². The van der Waals surface area contributed by atoms with Gasteiger partial charge in [-0.05, 0) is 38.0 Å². The summed E-state index contributed by atoms with van der Waals surface area (Å²) in [6, 6.07) is 5.07. The summed E-state index contributed by atoms with van der Waals surface area (Å²) in [6.45, 7) is 1.43. The van der Waals surface area contributed by atoms with Crippen LogP contribution in [0.4, 0.5) is 0 Å². The summed E-state index contributed by atoms with van der Waals surface area (Å²) in [7, 11) is 0. The normalized spacial score (nSPS) is 14.6. The molecule has 1 saturated carbocycles. The molecule has 0 radical (unpaired) electrons. The van der Waals surface area contributed by atoms with Crippen LogP contribution in [0.3, 0.4) is 0 Å². The van der Waals surface area contributed by atoms with E-state index in [0.29, 0.717) is 22.2 Å². The third-order valence-corrected chi connectivity index (χ3v) is 2.85. The van der Waals surface area contributed by atoms with E-state index in [0.717, 1.165) is 12.8 Å². The van der Waals surface area contributed by atoms with Crippen molar-refractivity contribution in [1.82, 2.24) is 5.32 Å². The van der Waals surface area contributed by atoms with E-state index in [-0.39, 0.29) is 11.7 Å². The lowest BCUT2D eigenvalue weighted by Gasteiger charge is -2.05. The van der Waals surface area contributed by atoms with Crippen LogP contribution in [0.2, 0.25) is 5.02 Å². The lowest BCUT2D eigenvalue weighted by molar-refractivity contribution is 0.0951. The van der Waals surface area contributed by atoms with Crippen molar-refractivity contribution in [2.45, 2.75) is 25.8 Å². The van der Waals surface area contributed by atoms with E-state index in [2.05, 4.69) is 5.32 Å². The molecule has 1 fully saturated rings. The Hall–Kier alpha value is -1.35. The van der Waals surface area contributed by atoms with Crippen molar-refractivity contribution in [1.29, 1.82) is 0 Å². The molecule has 84 valence electrons. The lowest BCUT2D eigenvalue weighted by Crippen LogP contribution is -2.25. The molecular weight excluding hydrogens is 226 g/mol. The predicted molar refractivity (Wildman–Crippen MR) is 61.9 cm³/mol. The maximum Gasteiger partial charge on any atom is 0.251 e. The minimum absolute atomic E-state index is 0.133. The highest BCUT2D eigenvalue weighted by atomic mass is 35.5. The average Bonchev–Trinajstić information content (AvgIpc) is 3.01. The SMILES string of the molecule is CC(=O)c1cc(C(=O)NC2CC2)ccc1Cl. The maximum absolute atomic E-state index is 11.7. The number of carbonyl (C=O) groups excluding carboxylic acids is 2. The van der Waals surface area contributed by atoms with Crippen molar-refractivity contribution in [3.05, 3.63) is 34.3 Å². The Bertz CT molecular complexity index is 452. The standard InChI is InChI=1S/C12H12ClNO2/c1-7(15)10-6-8(2-5-11(10)13)12(16)14-9-3-4-9/h2,5-6,9H,3-4H2,1H3,(H,14,16). The highest BCUT2D eigenvalue weighted by molar-refractivity contribution is 6.34. The number of nitrogens with one attached hydrogen (secondary N) is 1. The van der Waals surface area contributed by atoms with E-state index >= 15 is 0 Å². The van der Waals surface area contributed by atoms with Gasteiger partial charge in [-0.15, -0.1) is 0 Å². The van der Waals surface area contributed by atoms with E-state index in [1.54, 1.807) is 18.2 Å². The van der Waals surface area contributed by atoms with Crippen molar-refractivity contribution in [2.75, 3.05) is 0 Å². The van der Waals surface area contributed by atoms with Gasteiger partial charge in [0.05, 0.1) is 5.02 Å². The van der Waals surface area contributed by atoms with Crippen molar-refractivity contribution in [3.8, 4) is 0 Å². The van der Waals surface area contributed by atoms with Crippen molar-refractivity contribution < 1.29 is 9.59 Å². The second kappa shape index (κ2) is 4.26. The zero-order chi connectivity index (χ0) is 11.7. The number of benzene rings is 1. The van der Waals surface area contributed by atoms with Gasteiger partial charge in [-0.1, -0.05) is 11.6 Å². The Labute approximate surface area is 98.8 Å². The molecule has 1 N–H and O–H groups in total. The van der Waals surface area contributed by atoms with Gasteiger partial charge >= 0.3 is 0 Å². The van der Waals surface area contributed by atoms with Gasteiger partial charge in [0, 0.05) is 17.2 Å². The molecule has 4 heteroatoms. The van der Waals surface area contributed by atoms with E-state index in [1.807, 2.05) is 0 Å². The smallest absolute Gasteiger partial charge is 0.251 e. The minimum Gasteiger partial charge on any atom is -0.349 e. The first-order valence-electron chi connectivity index (χ1n) is 5.19.